The molecule has 2 unspecified atom stereocenters. The number of nitrogens with one attached hydrogen (secondary N) is 1. The molecule has 2 aromatic carbocycles. The third-order valence-corrected chi connectivity index (χ3v) is 9.11. The number of amides is 3. The lowest BCUT2D eigenvalue weighted by Gasteiger charge is -2.36. The highest BCUT2D eigenvalue weighted by Gasteiger charge is 2.62. The predicted octanol–water partition coefficient (Wildman–Crippen LogP) is 2.69. The number of anilines is 1. The summed E-state index contributed by atoms with van der Waals surface area (Å²) in [5.74, 6) is -0.430. The fraction of sp³-hybridized carbons (Fsp3) is 0.304. The van der Waals surface area contributed by atoms with E-state index in [0.717, 1.165) is 10.5 Å². The van der Waals surface area contributed by atoms with Crippen molar-refractivity contribution in [2.24, 2.45) is 0 Å². The molecule has 3 heterocycles. The number of thiocarbonyl (C=S) groups is 1. The summed E-state index contributed by atoms with van der Waals surface area (Å²) in [5, 5.41) is 9.39. The lowest BCUT2D eigenvalue weighted by atomic mass is 10.1. The van der Waals surface area contributed by atoms with Crippen LogP contribution >= 0.6 is 23.8 Å². The number of rotatable bonds is 3. The first-order chi connectivity index (χ1) is 16.5. The van der Waals surface area contributed by atoms with Gasteiger partial charge in [-0.25, -0.2) is 18.1 Å². The molecule has 0 saturated carbocycles. The standard InChI is InChI=1S/C23H20ClN5O4S2/c1-12-3-6-16(7-4-12)35(32,33)26-22(34)27-11-15-9-18(27)20-21(30)29(23(31)28(15)20)17-8-5-14(10-25)19(24)13(17)2/h3-8,15,18,20H,9,11H2,1-2H3,(H,26,34)/t15-,18?,20?/m1/s1. The average molecular weight is 530 g/mol. The van der Waals surface area contributed by atoms with Gasteiger partial charge in [0.15, 0.2) is 5.11 Å². The Morgan fingerprint density at radius 3 is 2.51 bits per heavy atom. The molecule has 0 aliphatic carbocycles. The number of hydrogen-bond donors (Lipinski definition) is 1. The normalized spacial score (nSPS) is 23.0. The number of carbonyl (C=O) groups excluding carboxylic acids is 2. The molecule has 3 fully saturated rings. The van der Waals surface area contributed by atoms with E-state index in [0.29, 0.717) is 24.2 Å². The van der Waals surface area contributed by atoms with Crippen molar-refractivity contribution in [1.29, 1.82) is 5.26 Å². The van der Waals surface area contributed by atoms with Gasteiger partial charge in [-0.3, -0.25) is 9.52 Å². The SMILES string of the molecule is Cc1ccc(S(=O)(=O)NC(=S)N2C[C@H]3CC2C2C(=O)N(c4ccc(C#N)c(Cl)c4C)C(=O)N23)cc1. The highest BCUT2D eigenvalue weighted by atomic mass is 35.5. The Bertz CT molecular complexity index is 1440. The van der Waals surface area contributed by atoms with E-state index in [1.165, 1.54) is 24.3 Å². The van der Waals surface area contributed by atoms with Crippen LogP contribution in [0.1, 0.15) is 23.1 Å². The first-order valence-electron chi connectivity index (χ1n) is 10.8. The number of piperazine rings is 1. The number of urea groups is 1. The van der Waals surface area contributed by atoms with Crippen LogP contribution in [0.4, 0.5) is 10.5 Å². The van der Waals surface area contributed by atoms with Gasteiger partial charge in [0, 0.05) is 6.54 Å². The summed E-state index contributed by atoms with van der Waals surface area (Å²) in [5.41, 5.74) is 1.97. The topological polar surface area (TPSA) is 114 Å². The van der Waals surface area contributed by atoms with Crippen LogP contribution in [0.15, 0.2) is 41.3 Å². The van der Waals surface area contributed by atoms with Crippen molar-refractivity contribution in [3.63, 3.8) is 0 Å². The average Bonchev–Trinajstić information content (AvgIpc) is 3.47. The lowest BCUT2D eigenvalue weighted by Crippen LogP contribution is -2.57. The first-order valence-corrected chi connectivity index (χ1v) is 13.1. The molecule has 2 bridgehead atoms. The number of nitrogens with zero attached hydrogens (tertiary/aromatic N) is 4. The van der Waals surface area contributed by atoms with Crippen LogP contribution in [0.25, 0.3) is 0 Å². The van der Waals surface area contributed by atoms with Gasteiger partial charge in [0.25, 0.3) is 15.9 Å². The van der Waals surface area contributed by atoms with Crippen molar-refractivity contribution in [1.82, 2.24) is 14.5 Å². The number of nitriles is 1. The Hall–Kier alpha value is -3.20. The van der Waals surface area contributed by atoms with Crippen LogP contribution in [-0.4, -0.2) is 59.9 Å². The molecular formula is C23H20ClN5O4S2. The van der Waals surface area contributed by atoms with Crippen LogP contribution in [-0.2, 0) is 14.8 Å². The van der Waals surface area contributed by atoms with Gasteiger partial charge in [0.1, 0.15) is 12.1 Å². The molecule has 3 atom stereocenters. The molecule has 5 rings (SSSR count). The second kappa shape index (κ2) is 8.19. The number of imide groups is 1. The molecule has 180 valence electrons. The van der Waals surface area contributed by atoms with Crippen molar-refractivity contribution in [2.75, 3.05) is 11.4 Å². The number of aryl methyl sites for hydroxylation is 1. The molecule has 0 aromatic heterocycles. The fourth-order valence-electron chi connectivity index (χ4n) is 5.07. The molecule has 35 heavy (non-hydrogen) atoms. The molecular weight excluding hydrogens is 510 g/mol. The molecule has 1 N–H and O–H groups in total. The summed E-state index contributed by atoms with van der Waals surface area (Å²) in [6.45, 7) is 3.83. The fourth-order valence-corrected chi connectivity index (χ4v) is 6.77. The van der Waals surface area contributed by atoms with E-state index in [1.54, 1.807) is 28.9 Å². The summed E-state index contributed by atoms with van der Waals surface area (Å²) in [6.07, 6.45) is 0.509. The van der Waals surface area contributed by atoms with Crippen molar-refractivity contribution in [3.05, 3.63) is 58.1 Å². The van der Waals surface area contributed by atoms with Crippen molar-refractivity contribution < 1.29 is 18.0 Å². The van der Waals surface area contributed by atoms with E-state index in [9.17, 15) is 23.3 Å². The van der Waals surface area contributed by atoms with E-state index >= 15 is 0 Å². The third-order valence-electron chi connectivity index (χ3n) is 6.80. The molecule has 12 heteroatoms. The first kappa shape index (κ1) is 23.5. The van der Waals surface area contributed by atoms with E-state index in [-0.39, 0.29) is 26.6 Å². The Morgan fingerprint density at radius 2 is 1.86 bits per heavy atom. The van der Waals surface area contributed by atoms with Gasteiger partial charge in [-0.1, -0.05) is 29.3 Å². The summed E-state index contributed by atoms with van der Waals surface area (Å²) >= 11 is 11.7. The molecule has 3 aliphatic heterocycles. The van der Waals surface area contributed by atoms with Gasteiger partial charge in [0.05, 0.1) is 33.3 Å². The lowest BCUT2D eigenvalue weighted by molar-refractivity contribution is -0.120. The molecule has 2 aromatic rings. The Balaban J connectivity index is 1.39. The van der Waals surface area contributed by atoms with E-state index in [1.807, 2.05) is 13.0 Å². The smallest absolute Gasteiger partial charge is 0.332 e. The zero-order valence-electron chi connectivity index (χ0n) is 18.7. The summed E-state index contributed by atoms with van der Waals surface area (Å²) < 4.78 is 28.1. The summed E-state index contributed by atoms with van der Waals surface area (Å²) in [4.78, 5) is 31.1. The van der Waals surface area contributed by atoms with Crippen LogP contribution in [0, 0.1) is 25.2 Å². The van der Waals surface area contributed by atoms with Gasteiger partial charge < -0.3 is 9.80 Å². The molecule has 3 aliphatic rings. The van der Waals surface area contributed by atoms with Crippen LogP contribution in [0.2, 0.25) is 5.02 Å². The number of halogens is 1. The van der Waals surface area contributed by atoms with E-state index in [2.05, 4.69) is 4.72 Å². The summed E-state index contributed by atoms with van der Waals surface area (Å²) in [7, 11) is -3.90. The monoisotopic (exact) mass is 529 g/mol. The van der Waals surface area contributed by atoms with Crippen LogP contribution in [0.5, 0.6) is 0 Å². The highest BCUT2D eigenvalue weighted by molar-refractivity contribution is 7.91. The number of benzene rings is 2. The molecule has 9 nitrogen and oxygen atoms in total. The Kier molecular flexibility index (Phi) is 5.51. The van der Waals surface area contributed by atoms with Gasteiger partial charge in [-0.05, 0) is 62.3 Å². The number of sulfonamides is 1. The zero-order valence-corrected chi connectivity index (χ0v) is 21.1. The van der Waals surface area contributed by atoms with E-state index < -0.39 is 34.0 Å². The van der Waals surface area contributed by atoms with Gasteiger partial charge in [0.2, 0.25) is 0 Å². The molecule has 3 amide bonds. The minimum atomic E-state index is -3.90. The minimum Gasteiger partial charge on any atom is -0.341 e. The number of carbonyl (C=O) groups is 2. The maximum Gasteiger partial charge on any atom is 0.332 e. The largest absolute Gasteiger partial charge is 0.341 e. The van der Waals surface area contributed by atoms with Crippen molar-refractivity contribution in [3.8, 4) is 6.07 Å². The van der Waals surface area contributed by atoms with Gasteiger partial charge >= 0.3 is 6.03 Å². The van der Waals surface area contributed by atoms with Gasteiger partial charge in [-0.2, -0.15) is 5.26 Å². The Morgan fingerprint density at radius 1 is 1.17 bits per heavy atom. The third kappa shape index (κ3) is 3.55. The second-order valence-corrected chi connectivity index (χ2v) is 11.3. The zero-order chi connectivity index (χ0) is 25.2. The van der Waals surface area contributed by atoms with E-state index in [4.69, 9.17) is 23.8 Å². The molecule has 0 radical (unpaired) electrons. The maximum absolute atomic E-state index is 13.5. The van der Waals surface area contributed by atoms with Crippen LogP contribution < -0.4 is 9.62 Å². The quantitative estimate of drug-likeness (QED) is 0.480. The minimum absolute atomic E-state index is 0.00554. The molecule has 0 spiro atoms. The van der Waals surface area contributed by atoms with Crippen molar-refractivity contribution in [2.45, 2.75) is 43.3 Å². The van der Waals surface area contributed by atoms with Crippen molar-refractivity contribution >= 4 is 56.6 Å². The maximum atomic E-state index is 13.5. The Labute approximate surface area is 212 Å². The highest BCUT2D eigenvalue weighted by Crippen LogP contribution is 2.43. The summed E-state index contributed by atoms with van der Waals surface area (Å²) in [6, 6.07) is 9.40. The number of fused-ring (bicyclic) bond motifs is 5. The molecule has 3 saturated heterocycles. The second-order valence-electron chi connectivity index (χ2n) is 8.82. The number of likely N-dealkylation sites (tertiary alicyclic amines) is 1. The predicted molar refractivity (Wildman–Crippen MR) is 132 cm³/mol. The number of hydrogen-bond acceptors (Lipinski definition) is 6. The van der Waals surface area contributed by atoms with Crippen LogP contribution in [0.3, 0.4) is 0 Å². The van der Waals surface area contributed by atoms with Gasteiger partial charge in [-0.15, -0.1) is 0 Å².